The molecule has 3 aliphatic carbocycles. The van der Waals surface area contributed by atoms with Crippen LogP contribution in [0.15, 0.2) is 18.2 Å². The van der Waals surface area contributed by atoms with Gasteiger partial charge in [0.05, 0.1) is 0 Å². The van der Waals surface area contributed by atoms with Crippen LogP contribution in [0.5, 0.6) is 0 Å². The van der Waals surface area contributed by atoms with Gasteiger partial charge in [0.2, 0.25) is 0 Å². The van der Waals surface area contributed by atoms with Gasteiger partial charge in [-0.05, 0) is 43.0 Å². The molecule has 0 saturated heterocycles. The van der Waals surface area contributed by atoms with Gasteiger partial charge in [0.1, 0.15) is 0 Å². The summed E-state index contributed by atoms with van der Waals surface area (Å²) in [5.41, 5.74) is 7.59. The fourth-order valence-corrected chi connectivity index (χ4v) is 3.55. The van der Waals surface area contributed by atoms with Gasteiger partial charge in [-0.25, -0.2) is 0 Å². The largest absolute Gasteiger partial charge is 0.325 e. The molecule has 1 aromatic carbocycles. The molecule has 14 heavy (non-hydrogen) atoms. The predicted molar refractivity (Wildman–Crippen MR) is 58.9 cm³/mol. The highest BCUT2D eigenvalue weighted by atomic mass is 35.5. The highest BCUT2D eigenvalue weighted by Crippen LogP contribution is 2.67. The van der Waals surface area contributed by atoms with Crippen LogP contribution < -0.4 is 5.73 Å². The van der Waals surface area contributed by atoms with Gasteiger partial charge in [-0.1, -0.05) is 23.2 Å². The summed E-state index contributed by atoms with van der Waals surface area (Å²) in [5, 5.41) is 1.59. The van der Waals surface area contributed by atoms with E-state index in [0.29, 0.717) is 0 Å². The first kappa shape index (κ1) is 9.02. The van der Waals surface area contributed by atoms with Crippen LogP contribution in [0.1, 0.15) is 24.8 Å². The average Bonchev–Trinajstić information content (AvgIpc) is 2.02. The first-order chi connectivity index (χ1) is 6.53. The number of benzene rings is 1. The maximum absolute atomic E-state index is 6.16. The summed E-state index contributed by atoms with van der Waals surface area (Å²) in [6, 6.07) is 5.70. The summed E-state index contributed by atoms with van der Waals surface area (Å²) in [7, 11) is 0. The number of hydrogen-bond acceptors (Lipinski definition) is 1. The van der Waals surface area contributed by atoms with Crippen molar-refractivity contribution in [3.63, 3.8) is 0 Å². The molecular weight excluding hydrogens is 217 g/mol. The third-order valence-corrected chi connectivity index (χ3v) is 4.14. The van der Waals surface area contributed by atoms with E-state index in [2.05, 4.69) is 0 Å². The molecule has 0 spiro atoms. The van der Waals surface area contributed by atoms with Crippen LogP contribution in [0.4, 0.5) is 0 Å². The minimum atomic E-state index is 0.117. The van der Waals surface area contributed by atoms with E-state index in [1.165, 1.54) is 5.56 Å². The monoisotopic (exact) mass is 227 g/mol. The molecule has 0 unspecified atom stereocenters. The maximum atomic E-state index is 6.16. The number of nitrogens with two attached hydrogens (primary N) is 1. The molecule has 1 nitrogen and oxygen atoms in total. The Kier molecular flexibility index (Phi) is 1.59. The van der Waals surface area contributed by atoms with Crippen molar-refractivity contribution in [2.75, 3.05) is 0 Å². The molecule has 1 aromatic rings. The lowest BCUT2D eigenvalue weighted by molar-refractivity contribution is -0.0589. The van der Waals surface area contributed by atoms with Crippen LogP contribution in [0.3, 0.4) is 0 Å². The molecule has 3 saturated carbocycles. The zero-order chi connectivity index (χ0) is 9.97. The van der Waals surface area contributed by atoms with Crippen molar-refractivity contribution in [3.8, 4) is 0 Å². The van der Waals surface area contributed by atoms with Gasteiger partial charge in [-0.2, -0.15) is 0 Å². The van der Waals surface area contributed by atoms with Crippen molar-refractivity contribution in [2.45, 2.75) is 30.2 Å². The molecule has 0 radical (unpaired) electrons. The molecule has 2 N–H and O–H groups in total. The van der Waals surface area contributed by atoms with Crippen molar-refractivity contribution in [3.05, 3.63) is 33.8 Å². The lowest BCUT2D eigenvalue weighted by Gasteiger charge is -2.69. The zero-order valence-corrected chi connectivity index (χ0v) is 9.20. The molecule has 3 aliphatic rings. The Balaban J connectivity index is 2.01. The molecule has 3 heteroatoms. The van der Waals surface area contributed by atoms with E-state index < -0.39 is 0 Å². The SMILES string of the molecule is NC12CC(c3cc(Cl)ccc3Cl)(C1)C2. The average molecular weight is 228 g/mol. The van der Waals surface area contributed by atoms with E-state index in [9.17, 15) is 0 Å². The van der Waals surface area contributed by atoms with E-state index >= 15 is 0 Å². The summed E-state index contributed by atoms with van der Waals surface area (Å²) >= 11 is 12.1. The van der Waals surface area contributed by atoms with Crippen molar-refractivity contribution < 1.29 is 0 Å². The highest BCUT2D eigenvalue weighted by molar-refractivity contribution is 6.33. The molecular formula is C11H11Cl2N. The van der Waals surface area contributed by atoms with Gasteiger partial charge in [0.25, 0.3) is 0 Å². The Morgan fingerprint density at radius 2 is 1.79 bits per heavy atom. The van der Waals surface area contributed by atoms with Crippen LogP contribution in [0, 0.1) is 0 Å². The first-order valence-electron chi connectivity index (χ1n) is 4.78. The summed E-state index contributed by atoms with van der Waals surface area (Å²) in [4.78, 5) is 0. The first-order valence-corrected chi connectivity index (χ1v) is 5.53. The molecule has 0 amide bonds. The van der Waals surface area contributed by atoms with Crippen molar-refractivity contribution in [2.24, 2.45) is 5.73 Å². The van der Waals surface area contributed by atoms with Gasteiger partial charge < -0.3 is 5.73 Å². The molecule has 74 valence electrons. The van der Waals surface area contributed by atoms with Crippen LogP contribution in [0.25, 0.3) is 0 Å². The van der Waals surface area contributed by atoms with E-state index in [-0.39, 0.29) is 11.0 Å². The molecule has 4 rings (SSSR count). The van der Waals surface area contributed by atoms with E-state index in [4.69, 9.17) is 28.9 Å². The Labute approximate surface area is 93.2 Å². The maximum Gasteiger partial charge on any atom is 0.0444 e. The van der Waals surface area contributed by atoms with Crippen LogP contribution >= 0.6 is 23.2 Å². The Bertz CT molecular complexity index is 394. The summed E-state index contributed by atoms with van der Waals surface area (Å²) < 4.78 is 0. The van der Waals surface area contributed by atoms with E-state index in [1.54, 1.807) is 0 Å². The van der Waals surface area contributed by atoms with Gasteiger partial charge in [-0.15, -0.1) is 0 Å². The minimum absolute atomic E-state index is 0.117. The number of hydrogen-bond donors (Lipinski definition) is 1. The summed E-state index contributed by atoms with van der Waals surface area (Å²) in [6.45, 7) is 0. The Hall–Kier alpha value is -0.240. The third-order valence-electron chi connectivity index (χ3n) is 3.57. The quantitative estimate of drug-likeness (QED) is 0.785. The van der Waals surface area contributed by atoms with E-state index in [0.717, 1.165) is 29.3 Å². The molecule has 3 fully saturated rings. The Morgan fingerprint density at radius 1 is 1.14 bits per heavy atom. The normalized spacial score (nSPS) is 38.8. The van der Waals surface area contributed by atoms with Crippen LogP contribution in [-0.4, -0.2) is 5.54 Å². The fraction of sp³-hybridized carbons (Fsp3) is 0.455. The van der Waals surface area contributed by atoms with Crippen molar-refractivity contribution >= 4 is 23.2 Å². The third kappa shape index (κ3) is 1.01. The predicted octanol–water partition coefficient (Wildman–Crippen LogP) is 3.13. The van der Waals surface area contributed by atoms with Crippen molar-refractivity contribution in [1.82, 2.24) is 0 Å². The standard InChI is InChI=1S/C11H11Cl2N/c12-7-1-2-9(13)8(3-7)10-4-11(14,5-10)6-10/h1-3H,4-6,14H2. The van der Waals surface area contributed by atoms with E-state index in [1.807, 2.05) is 18.2 Å². The number of rotatable bonds is 1. The molecule has 0 aliphatic heterocycles. The molecule has 0 heterocycles. The Morgan fingerprint density at radius 3 is 2.36 bits per heavy atom. The van der Waals surface area contributed by atoms with Crippen molar-refractivity contribution in [1.29, 1.82) is 0 Å². The highest BCUT2D eigenvalue weighted by Gasteiger charge is 2.66. The van der Waals surface area contributed by atoms with Gasteiger partial charge >= 0.3 is 0 Å². The van der Waals surface area contributed by atoms with Gasteiger partial charge in [0.15, 0.2) is 0 Å². The number of halogens is 2. The minimum Gasteiger partial charge on any atom is -0.325 e. The summed E-state index contributed by atoms with van der Waals surface area (Å²) in [6.07, 6.45) is 3.21. The second kappa shape index (κ2) is 2.46. The lowest BCUT2D eigenvalue weighted by Crippen LogP contribution is -2.74. The smallest absolute Gasteiger partial charge is 0.0444 e. The second-order valence-corrected chi connectivity index (χ2v) is 5.64. The summed E-state index contributed by atoms with van der Waals surface area (Å²) in [5.74, 6) is 0. The zero-order valence-electron chi connectivity index (χ0n) is 7.69. The second-order valence-electron chi connectivity index (χ2n) is 4.80. The van der Waals surface area contributed by atoms with Gasteiger partial charge in [0, 0.05) is 21.0 Å². The molecule has 2 bridgehead atoms. The van der Waals surface area contributed by atoms with Crippen LogP contribution in [0.2, 0.25) is 10.0 Å². The topological polar surface area (TPSA) is 26.0 Å². The fourth-order valence-electron chi connectivity index (χ4n) is 3.06. The van der Waals surface area contributed by atoms with Crippen LogP contribution in [-0.2, 0) is 5.41 Å². The molecule has 0 atom stereocenters. The lowest BCUT2D eigenvalue weighted by atomic mass is 9.38. The van der Waals surface area contributed by atoms with Gasteiger partial charge in [-0.3, -0.25) is 0 Å². The molecule has 0 aromatic heterocycles.